The molecule has 0 aliphatic heterocycles. The van der Waals surface area contributed by atoms with E-state index in [0.717, 1.165) is 16.7 Å². The molecule has 5 nitrogen and oxygen atoms in total. The highest BCUT2D eigenvalue weighted by molar-refractivity contribution is 5.94. The van der Waals surface area contributed by atoms with Crippen LogP contribution in [0.25, 0.3) is 0 Å². The monoisotopic (exact) mass is 401 g/mol. The summed E-state index contributed by atoms with van der Waals surface area (Å²) in [6.07, 6.45) is 3.25. The molecule has 5 heteroatoms. The van der Waals surface area contributed by atoms with E-state index in [1.54, 1.807) is 18.5 Å². The Labute approximate surface area is 177 Å². The van der Waals surface area contributed by atoms with Crippen molar-refractivity contribution in [3.05, 3.63) is 105 Å². The van der Waals surface area contributed by atoms with E-state index in [1.165, 1.54) is 16.2 Å². The summed E-state index contributed by atoms with van der Waals surface area (Å²) in [4.78, 5) is 25.2. The van der Waals surface area contributed by atoms with Crippen molar-refractivity contribution in [2.24, 2.45) is 5.10 Å². The minimum absolute atomic E-state index is 0.0604. The third kappa shape index (κ3) is 5.32. The van der Waals surface area contributed by atoms with Gasteiger partial charge in [-0.2, -0.15) is 5.10 Å². The van der Waals surface area contributed by atoms with Crippen LogP contribution in [0.2, 0.25) is 0 Å². The molecule has 0 saturated heterocycles. The highest BCUT2D eigenvalue weighted by atomic mass is 16.2. The van der Waals surface area contributed by atoms with Crippen molar-refractivity contribution in [2.45, 2.75) is 39.7 Å². The summed E-state index contributed by atoms with van der Waals surface area (Å²) in [6.45, 7) is 8.87. The molecule has 30 heavy (non-hydrogen) atoms. The molecule has 1 N–H and O–H groups in total. The number of pyridine rings is 1. The molecule has 0 radical (unpaired) electrons. The van der Waals surface area contributed by atoms with Crippen molar-refractivity contribution in [3.8, 4) is 0 Å². The number of benzene rings is 2. The summed E-state index contributed by atoms with van der Waals surface area (Å²) in [7, 11) is 0. The first kappa shape index (κ1) is 21.2. The number of hydrogen-bond donors (Lipinski definition) is 1. The van der Waals surface area contributed by atoms with Crippen molar-refractivity contribution in [1.29, 1.82) is 0 Å². The number of nitrogens with one attached hydrogen (secondary N) is 1. The predicted molar refractivity (Wildman–Crippen MR) is 121 cm³/mol. The molecule has 154 valence electrons. The molecule has 0 unspecified atom stereocenters. The Bertz CT molecular complexity index is 1120. The maximum atomic E-state index is 12.8. The lowest BCUT2D eigenvalue weighted by Gasteiger charge is -2.19. The maximum Gasteiger partial charge on any atom is 0.276 e. The molecule has 0 bridgehead atoms. The summed E-state index contributed by atoms with van der Waals surface area (Å²) < 4.78 is 1.53. The van der Waals surface area contributed by atoms with Crippen molar-refractivity contribution in [3.63, 3.8) is 0 Å². The second kappa shape index (κ2) is 8.91. The summed E-state index contributed by atoms with van der Waals surface area (Å²) in [5.41, 5.74) is 6.44. The Morgan fingerprint density at radius 2 is 1.80 bits per heavy atom. The fourth-order valence-corrected chi connectivity index (χ4v) is 3.12. The van der Waals surface area contributed by atoms with E-state index in [9.17, 15) is 9.59 Å². The number of carbonyl (C=O) groups is 1. The molecule has 3 aromatic rings. The molecule has 1 heterocycles. The third-order valence-electron chi connectivity index (χ3n) is 4.86. The SMILES string of the molecule is Cc1cccc(/C=N\NC(=O)c2cccn(Cc3ccc(C(C)(C)C)cc3)c2=O)c1. The molecular formula is C25H27N3O2. The van der Waals surface area contributed by atoms with Gasteiger partial charge in [-0.05, 0) is 41.2 Å². The molecule has 2 aromatic carbocycles. The minimum atomic E-state index is -0.527. The molecule has 0 fully saturated rings. The van der Waals surface area contributed by atoms with Gasteiger partial charge in [-0.3, -0.25) is 9.59 Å². The zero-order valence-corrected chi connectivity index (χ0v) is 17.8. The Morgan fingerprint density at radius 3 is 2.47 bits per heavy atom. The van der Waals surface area contributed by atoms with Crippen LogP contribution in [0, 0.1) is 6.92 Å². The molecule has 0 saturated carbocycles. The second-order valence-corrected chi connectivity index (χ2v) is 8.42. The average molecular weight is 402 g/mol. The first-order chi connectivity index (χ1) is 14.2. The van der Waals surface area contributed by atoms with Crippen LogP contribution >= 0.6 is 0 Å². The fourth-order valence-electron chi connectivity index (χ4n) is 3.12. The average Bonchev–Trinajstić information content (AvgIpc) is 2.69. The fraction of sp³-hybridized carbons (Fsp3) is 0.240. The molecular weight excluding hydrogens is 374 g/mol. The quantitative estimate of drug-likeness (QED) is 0.513. The smallest absolute Gasteiger partial charge is 0.276 e. The van der Waals surface area contributed by atoms with Crippen LogP contribution < -0.4 is 11.0 Å². The van der Waals surface area contributed by atoms with Gasteiger partial charge in [-0.15, -0.1) is 0 Å². The highest BCUT2D eigenvalue weighted by Gasteiger charge is 2.14. The van der Waals surface area contributed by atoms with Gasteiger partial charge in [0.1, 0.15) is 5.56 Å². The summed E-state index contributed by atoms with van der Waals surface area (Å²) in [6, 6.07) is 19.2. The lowest BCUT2D eigenvalue weighted by Crippen LogP contribution is -2.30. The van der Waals surface area contributed by atoms with Crippen LogP contribution in [0.3, 0.4) is 0 Å². The largest absolute Gasteiger partial charge is 0.310 e. The van der Waals surface area contributed by atoms with Crippen molar-refractivity contribution in [1.82, 2.24) is 9.99 Å². The summed E-state index contributed by atoms with van der Waals surface area (Å²) in [5, 5.41) is 3.97. The number of hydrogen-bond acceptors (Lipinski definition) is 3. The van der Waals surface area contributed by atoms with Crippen LogP contribution in [-0.2, 0) is 12.0 Å². The standard InChI is InChI=1S/C25H27N3O2/c1-18-7-5-8-20(15-18)16-26-27-23(29)22-9-6-14-28(24(22)30)17-19-10-12-21(13-11-19)25(2,3)4/h5-16H,17H2,1-4H3,(H,27,29)/b26-16-. The first-order valence-electron chi connectivity index (χ1n) is 9.93. The number of amides is 1. The van der Waals surface area contributed by atoms with E-state index in [0.29, 0.717) is 6.54 Å². The molecule has 1 aromatic heterocycles. The Morgan fingerprint density at radius 1 is 1.07 bits per heavy atom. The van der Waals surface area contributed by atoms with Gasteiger partial charge in [0.15, 0.2) is 0 Å². The molecule has 3 rings (SSSR count). The third-order valence-corrected chi connectivity index (χ3v) is 4.86. The van der Waals surface area contributed by atoms with Crippen molar-refractivity contribution >= 4 is 12.1 Å². The lowest BCUT2D eigenvalue weighted by molar-refractivity contribution is 0.0953. The number of rotatable bonds is 5. The van der Waals surface area contributed by atoms with E-state index < -0.39 is 5.91 Å². The Hall–Kier alpha value is -3.47. The van der Waals surface area contributed by atoms with E-state index >= 15 is 0 Å². The number of carbonyl (C=O) groups excluding carboxylic acids is 1. The predicted octanol–water partition coefficient (Wildman–Crippen LogP) is 4.27. The zero-order valence-electron chi connectivity index (χ0n) is 17.8. The molecule has 0 atom stereocenters. The van der Waals surface area contributed by atoms with Crippen LogP contribution in [0.5, 0.6) is 0 Å². The van der Waals surface area contributed by atoms with Gasteiger partial charge in [0.25, 0.3) is 11.5 Å². The van der Waals surface area contributed by atoms with E-state index in [-0.39, 0.29) is 16.5 Å². The zero-order chi connectivity index (χ0) is 21.7. The van der Waals surface area contributed by atoms with Gasteiger partial charge in [0.2, 0.25) is 0 Å². The Kier molecular flexibility index (Phi) is 6.31. The topological polar surface area (TPSA) is 63.5 Å². The van der Waals surface area contributed by atoms with Crippen LogP contribution in [0.4, 0.5) is 0 Å². The number of nitrogens with zero attached hydrogens (tertiary/aromatic N) is 2. The van der Waals surface area contributed by atoms with Crippen molar-refractivity contribution in [2.75, 3.05) is 0 Å². The second-order valence-electron chi connectivity index (χ2n) is 8.42. The van der Waals surface area contributed by atoms with Gasteiger partial charge in [-0.25, -0.2) is 5.43 Å². The summed E-state index contributed by atoms with van der Waals surface area (Å²) in [5.74, 6) is -0.527. The maximum absolute atomic E-state index is 12.8. The minimum Gasteiger partial charge on any atom is -0.310 e. The van der Waals surface area contributed by atoms with Crippen LogP contribution in [0.15, 0.2) is 76.8 Å². The highest BCUT2D eigenvalue weighted by Crippen LogP contribution is 2.22. The van der Waals surface area contributed by atoms with Gasteiger partial charge in [0.05, 0.1) is 12.8 Å². The Balaban J connectivity index is 1.72. The van der Waals surface area contributed by atoms with E-state index in [1.807, 2.05) is 43.3 Å². The number of aryl methyl sites for hydroxylation is 1. The van der Waals surface area contributed by atoms with E-state index in [2.05, 4.69) is 43.4 Å². The summed E-state index contributed by atoms with van der Waals surface area (Å²) >= 11 is 0. The van der Waals surface area contributed by atoms with E-state index in [4.69, 9.17) is 0 Å². The van der Waals surface area contributed by atoms with Gasteiger partial charge >= 0.3 is 0 Å². The molecule has 0 aliphatic rings. The number of hydrazone groups is 1. The molecule has 0 aliphatic carbocycles. The normalized spacial score (nSPS) is 11.6. The van der Waals surface area contributed by atoms with Gasteiger partial charge in [0, 0.05) is 6.20 Å². The first-order valence-corrected chi connectivity index (χ1v) is 9.93. The van der Waals surface area contributed by atoms with Crippen molar-refractivity contribution < 1.29 is 4.79 Å². The molecule has 0 spiro atoms. The molecule has 1 amide bonds. The number of aromatic nitrogens is 1. The van der Waals surface area contributed by atoms with Gasteiger partial charge in [-0.1, -0.05) is 74.9 Å². The lowest BCUT2D eigenvalue weighted by atomic mass is 9.87. The van der Waals surface area contributed by atoms with Crippen LogP contribution in [-0.4, -0.2) is 16.7 Å². The van der Waals surface area contributed by atoms with Gasteiger partial charge < -0.3 is 4.57 Å². The van der Waals surface area contributed by atoms with Crippen LogP contribution in [0.1, 0.15) is 53.4 Å².